The molecule has 0 saturated heterocycles. The van der Waals surface area contributed by atoms with Crippen LogP contribution < -0.4 is 15.0 Å². The third kappa shape index (κ3) is 5.54. The summed E-state index contributed by atoms with van der Waals surface area (Å²) in [6.07, 6.45) is 3.07. The first kappa shape index (κ1) is 31.3. The molecule has 2 aliphatic heterocycles. The van der Waals surface area contributed by atoms with E-state index in [0.717, 1.165) is 47.5 Å². The molecule has 0 radical (unpaired) electrons. The van der Waals surface area contributed by atoms with Gasteiger partial charge in [-0.2, -0.15) is 0 Å². The Hall–Kier alpha value is -5.28. The fourth-order valence-electron chi connectivity index (χ4n) is 6.97. The summed E-state index contributed by atoms with van der Waals surface area (Å²) in [6.45, 7) is 6.09. The van der Waals surface area contributed by atoms with Crippen LogP contribution in [0.2, 0.25) is 0 Å². The van der Waals surface area contributed by atoms with Crippen LogP contribution in [0.1, 0.15) is 55.6 Å². The topological polar surface area (TPSA) is 79.7 Å². The van der Waals surface area contributed by atoms with Crippen molar-refractivity contribution in [3.63, 3.8) is 0 Å². The zero-order chi connectivity index (χ0) is 33.5. The molecule has 2 aromatic heterocycles. The normalized spacial score (nSPS) is 15.4. The Balaban J connectivity index is 1.33. The Morgan fingerprint density at radius 2 is 1.69 bits per heavy atom. The number of hydrogen-bond acceptors (Lipinski definition) is 5. The number of pyridine rings is 1. The van der Waals surface area contributed by atoms with E-state index in [-0.39, 0.29) is 29.4 Å². The number of fused-ring (bicyclic) bond motifs is 2. The number of methoxy groups -OCH3 is 1. The van der Waals surface area contributed by atoms with Gasteiger partial charge in [-0.05, 0) is 85.8 Å². The lowest BCUT2D eigenvalue weighted by atomic mass is 9.90. The van der Waals surface area contributed by atoms with Crippen molar-refractivity contribution in [2.75, 3.05) is 18.6 Å². The predicted molar refractivity (Wildman–Crippen MR) is 184 cm³/mol. The van der Waals surface area contributed by atoms with Gasteiger partial charge in [0.1, 0.15) is 0 Å². The van der Waals surface area contributed by atoms with Crippen LogP contribution in [-0.4, -0.2) is 46.0 Å². The van der Waals surface area contributed by atoms with Crippen LogP contribution in [-0.2, 0) is 33.0 Å². The summed E-state index contributed by atoms with van der Waals surface area (Å²) in [5.74, 6) is -1.19. The number of ether oxygens (including phenoxy) is 1. The van der Waals surface area contributed by atoms with E-state index in [0.29, 0.717) is 29.9 Å². The molecule has 5 aromatic rings. The summed E-state index contributed by atoms with van der Waals surface area (Å²) < 4.78 is 21.9. The number of amides is 2. The first-order valence-electron chi connectivity index (χ1n) is 16.2. The molecule has 1 atom stereocenters. The summed E-state index contributed by atoms with van der Waals surface area (Å²) in [7, 11) is 3.26. The second-order valence-electron chi connectivity index (χ2n) is 12.6. The Labute approximate surface area is 279 Å². The van der Waals surface area contributed by atoms with E-state index in [1.165, 1.54) is 35.4 Å². The minimum absolute atomic E-state index is 0.0274. The highest BCUT2D eigenvalue weighted by Gasteiger charge is 2.32. The Morgan fingerprint density at radius 1 is 0.938 bits per heavy atom. The number of hydrogen-bond donors (Lipinski definition) is 1. The molecule has 9 heteroatoms. The molecule has 1 N–H and O–H groups in total. The number of halogens is 1. The number of carbonyl (C=O) groups excluding carboxylic acids is 2. The van der Waals surface area contributed by atoms with Crippen molar-refractivity contribution < 1.29 is 18.7 Å². The van der Waals surface area contributed by atoms with Crippen LogP contribution in [0.4, 0.5) is 15.8 Å². The van der Waals surface area contributed by atoms with E-state index >= 15 is 0 Å². The molecule has 0 unspecified atom stereocenters. The molecule has 8 nitrogen and oxygen atoms in total. The van der Waals surface area contributed by atoms with Crippen molar-refractivity contribution in [2.45, 2.75) is 45.8 Å². The predicted octanol–water partition coefficient (Wildman–Crippen LogP) is 6.75. The van der Waals surface area contributed by atoms with Crippen molar-refractivity contribution in [1.29, 1.82) is 0 Å². The lowest BCUT2D eigenvalue weighted by molar-refractivity contribution is 0.0658. The third-order valence-electron chi connectivity index (χ3n) is 9.73. The number of nitrogens with zero attached hydrogens (tertiary/aromatic N) is 4. The van der Waals surface area contributed by atoms with Crippen molar-refractivity contribution >= 4 is 23.2 Å². The molecule has 2 amide bonds. The molecule has 7 rings (SSSR count). The van der Waals surface area contributed by atoms with E-state index in [1.807, 2.05) is 59.8 Å². The molecule has 0 fully saturated rings. The maximum absolute atomic E-state index is 14.9. The standard InChI is InChI=1S/C39H38FN5O3/c1-24-16-26-10-8-9-11-28(26)23-44(24)38(46)34-18-29-21-41-15-14-27(29)17-33(34)36-20-32(25(2)43(36)3)39(47)45(30-12-6-5-7-13-30)31-19-35(40)37(48-4)42-22-31/h5-13,17-20,22,24,41H,14-16,21,23H2,1-4H3/t24-/m1/s1. The molecular formula is C39H38FN5O3. The second kappa shape index (κ2) is 12.7. The Bertz CT molecular complexity index is 2040. The average Bonchev–Trinajstić information content (AvgIpc) is 3.40. The minimum Gasteiger partial charge on any atom is -0.479 e. The SMILES string of the molecule is COc1ncc(N(C(=O)c2cc(-c3cc4c(cc3C(=O)N3Cc5ccccc5C[C@H]3C)CNCC4)n(C)c2C)c2ccccc2)cc1F. The van der Waals surface area contributed by atoms with Gasteiger partial charge >= 0.3 is 0 Å². The first-order chi connectivity index (χ1) is 23.2. The van der Waals surface area contributed by atoms with Gasteiger partial charge in [-0.1, -0.05) is 42.5 Å². The molecule has 2 aliphatic rings. The molecule has 0 spiro atoms. The van der Waals surface area contributed by atoms with Crippen molar-refractivity contribution in [3.8, 4) is 17.1 Å². The first-order valence-corrected chi connectivity index (χ1v) is 16.2. The van der Waals surface area contributed by atoms with E-state index < -0.39 is 5.82 Å². The van der Waals surface area contributed by atoms with E-state index in [1.54, 1.807) is 12.1 Å². The molecule has 244 valence electrons. The van der Waals surface area contributed by atoms with Crippen LogP contribution in [0.15, 0.2) is 85.1 Å². The average molecular weight is 644 g/mol. The summed E-state index contributed by atoms with van der Waals surface area (Å²) in [6, 6.07) is 24.7. The van der Waals surface area contributed by atoms with Gasteiger partial charge in [0, 0.05) is 60.4 Å². The molecule has 0 saturated carbocycles. The molecule has 48 heavy (non-hydrogen) atoms. The highest BCUT2D eigenvalue weighted by atomic mass is 19.1. The summed E-state index contributed by atoms with van der Waals surface area (Å²) in [5.41, 5.74) is 8.91. The number of carbonyl (C=O) groups is 2. The zero-order valence-corrected chi connectivity index (χ0v) is 27.6. The number of aromatic nitrogens is 2. The van der Waals surface area contributed by atoms with Gasteiger partial charge in [0.25, 0.3) is 11.8 Å². The number of nitrogens with one attached hydrogen (secondary N) is 1. The molecule has 0 bridgehead atoms. The van der Waals surface area contributed by atoms with Gasteiger partial charge in [0.2, 0.25) is 5.88 Å². The van der Waals surface area contributed by atoms with Gasteiger partial charge in [0.15, 0.2) is 5.82 Å². The molecule has 0 aliphatic carbocycles. The fraction of sp³-hybridized carbons (Fsp3) is 0.256. The van der Waals surface area contributed by atoms with Gasteiger partial charge in [-0.3, -0.25) is 14.5 Å². The summed E-state index contributed by atoms with van der Waals surface area (Å²) in [5, 5.41) is 3.44. The lowest BCUT2D eigenvalue weighted by Crippen LogP contribution is -2.43. The van der Waals surface area contributed by atoms with Crippen molar-refractivity contribution in [3.05, 3.63) is 130 Å². The number of benzene rings is 3. The molecule has 3 aromatic carbocycles. The second-order valence-corrected chi connectivity index (χ2v) is 12.6. The zero-order valence-electron chi connectivity index (χ0n) is 27.6. The number of rotatable bonds is 6. The lowest BCUT2D eigenvalue weighted by Gasteiger charge is -2.35. The van der Waals surface area contributed by atoms with Crippen LogP contribution in [0.25, 0.3) is 11.3 Å². The number of anilines is 2. The van der Waals surface area contributed by atoms with Crippen LogP contribution in [0.5, 0.6) is 5.88 Å². The van der Waals surface area contributed by atoms with Gasteiger partial charge in [-0.25, -0.2) is 9.37 Å². The van der Waals surface area contributed by atoms with Gasteiger partial charge in [0.05, 0.1) is 24.6 Å². The monoisotopic (exact) mass is 643 g/mol. The Kier molecular flexibility index (Phi) is 8.31. The maximum atomic E-state index is 14.9. The van der Waals surface area contributed by atoms with Gasteiger partial charge < -0.3 is 19.5 Å². The van der Waals surface area contributed by atoms with Crippen molar-refractivity contribution in [1.82, 2.24) is 19.8 Å². The highest BCUT2D eigenvalue weighted by Crippen LogP contribution is 2.36. The Morgan fingerprint density at radius 3 is 2.44 bits per heavy atom. The molecular weight excluding hydrogens is 605 g/mol. The fourth-order valence-corrected chi connectivity index (χ4v) is 6.97. The number of para-hydroxylation sites is 1. The highest BCUT2D eigenvalue weighted by molar-refractivity contribution is 6.12. The largest absolute Gasteiger partial charge is 0.479 e. The molecule has 4 heterocycles. The minimum atomic E-state index is -0.671. The van der Waals surface area contributed by atoms with Crippen LogP contribution >= 0.6 is 0 Å². The third-order valence-corrected chi connectivity index (χ3v) is 9.73. The van der Waals surface area contributed by atoms with E-state index in [2.05, 4.69) is 41.5 Å². The van der Waals surface area contributed by atoms with Gasteiger partial charge in [-0.15, -0.1) is 0 Å². The summed E-state index contributed by atoms with van der Waals surface area (Å²) in [4.78, 5) is 36.6. The van der Waals surface area contributed by atoms with E-state index in [9.17, 15) is 14.0 Å². The maximum Gasteiger partial charge on any atom is 0.264 e. The smallest absolute Gasteiger partial charge is 0.264 e. The van der Waals surface area contributed by atoms with Crippen molar-refractivity contribution in [2.24, 2.45) is 7.05 Å². The van der Waals surface area contributed by atoms with Crippen LogP contribution in [0, 0.1) is 12.7 Å². The quantitative estimate of drug-likeness (QED) is 0.221. The van der Waals surface area contributed by atoms with Crippen LogP contribution in [0.3, 0.4) is 0 Å². The summed E-state index contributed by atoms with van der Waals surface area (Å²) >= 11 is 0. The van der Waals surface area contributed by atoms with E-state index in [4.69, 9.17) is 4.74 Å².